The lowest BCUT2D eigenvalue weighted by molar-refractivity contribution is 0.121. The Labute approximate surface area is 107 Å². The number of carbonyl (C=O) groups is 1. The molecule has 0 unspecified atom stereocenters. The number of hydrogen-bond donors (Lipinski definition) is 2. The molecule has 18 heavy (non-hydrogen) atoms. The minimum absolute atomic E-state index is 0.0333. The van der Waals surface area contributed by atoms with Crippen LogP contribution in [0.4, 0.5) is 4.79 Å². The molecule has 2 amide bonds. The molecule has 1 aromatic rings. The van der Waals surface area contributed by atoms with E-state index in [9.17, 15) is 4.79 Å². The summed E-state index contributed by atoms with van der Waals surface area (Å²) in [6.45, 7) is 1.77. The van der Waals surface area contributed by atoms with Crippen molar-refractivity contribution < 1.29 is 14.6 Å². The smallest absolute Gasteiger partial charge is 0.317 e. The number of aliphatic hydroxyl groups is 1. The fourth-order valence-corrected chi connectivity index (χ4v) is 1.38. The number of aliphatic hydroxyl groups excluding tert-OH is 1. The van der Waals surface area contributed by atoms with Crippen LogP contribution in [0.2, 0.25) is 0 Å². The van der Waals surface area contributed by atoms with Crippen molar-refractivity contribution in [3.8, 4) is 0 Å². The Morgan fingerprint density at radius 2 is 2.11 bits per heavy atom. The van der Waals surface area contributed by atoms with E-state index in [1.54, 1.807) is 7.05 Å². The average molecular weight is 252 g/mol. The van der Waals surface area contributed by atoms with Crippen LogP contribution in [0.15, 0.2) is 30.3 Å². The van der Waals surface area contributed by atoms with Gasteiger partial charge in [-0.05, 0) is 5.56 Å². The van der Waals surface area contributed by atoms with Crippen LogP contribution in [0, 0.1) is 0 Å². The molecule has 0 aliphatic carbocycles. The molecule has 0 aromatic heterocycles. The van der Waals surface area contributed by atoms with Gasteiger partial charge in [-0.25, -0.2) is 4.79 Å². The number of hydrogen-bond acceptors (Lipinski definition) is 3. The molecule has 0 saturated heterocycles. The second-order valence-electron chi connectivity index (χ2n) is 3.92. The fraction of sp³-hybridized carbons (Fsp3) is 0.462. The molecule has 0 spiro atoms. The summed E-state index contributed by atoms with van der Waals surface area (Å²) in [6, 6.07) is 9.67. The lowest BCUT2D eigenvalue weighted by atomic mass is 10.2. The van der Waals surface area contributed by atoms with Gasteiger partial charge in [-0.1, -0.05) is 30.3 Å². The molecule has 100 valence electrons. The highest BCUT2D eigenvalue weighted by atomic mass is 16.5. The molecule has 0 bridgehead atoms. The van der Waals surface area contributed by atoms with Crippen LogP contribution in [-0.4, -0.2) is 49.4 Å². The van der Waals surface area contributed by atoms with Gasteiger partial charge >= 0.3 is 6.03 Å². The lowest BCUT2D eigenvalue weighted by Crippen LogP contribution is -2.40. The topological polar surface area (TPSA) is 61.8 Å². The summed E-state index contributed by atoms with van der Waals surface area (Å²) < 4.78 is 5.43. The van der Waals surface area contributed by atoms with Gasteiger partial charge in [0.1, 0.15) is 0 Å². The van der Waals surface area contributed by atoms with Gasteiger partial charge < -0.3 is 20.1 Å². The Morgan fingerprint density at radius 3 is 2.78 bits per heavy atom. The number of carbonyl (C=O) groups excluding carboxylic acids is 1. The highest BCUT2D eigenvalue weighted by Crippen LogP contribution is 1.99. The van der Waals surface area contributed by atoms with Gasteiger partial charge in [0.2, 0.25) is 0 Å². The molecule has 2 N–H and O–H groups in total. The number of likely N-dealkylation sites (N-methyl/N-ethyl adjacent to an activating group) is 1. The fourth-order valence-electron chi connectivity index (χ4n) is 1.38. The van der Waals surface area contributed by atoms with E-state index in [4.69, 9.17) is 9.84 Å². The van der Waals surface area contributed by atoms with Crippen LogP contribution in [0.25, 0.3) is 0 Å². The lowest BCUT2D eigenvalue weighted by Gasteiger charge is -2.16. The van der Waals surface area contributed by atoms with Gasteiger partial charge in [-0.2, -0.15) is 0 Å². The predicted molar refractivity (Wildman–Crippen MR) is 69.2 cm³/mol. The maximum absolute atomic E-state index is 11.4. The van der Waals surface area contributed by atoms with E-state index in [0.29, 0.717) is 26.3 Å². The Morgan fingerprint density at radius 1 is 1.39 bits per heavy atom. The summed E-state index contributed by atoms with van der Waals surface area (Å²) >= 11 is 0. The zero-order chi connectivity index (χ0) is 13.2. The summed E-state index contributed by atoms with van der Waals surface area (Å²) in [6.07, 6.45) is 0. The maximum atomic E-state index is 11.4. The van der Waals surface area contributed by atoms with Crippen molar-refractivity contribution in [2.75, 3.05) is 33.4 Å². The van der Waals surface area contributed by atoms with Crippen molar-refractivity contribution in [1.29, 1.82) is 0 Å². The highest BCUT2D eigenvalue weighted by molar-refractivity contribution is 5.73. The molecule has 0 fully saturated rings. The Bertz CT molecular complexity index is 343. The van der Waals surface area contributed by atoms with Gasteiger partial charge in [0.15, 0.2) is 0 Å². The number of ether oxygens (including phenoxy) is 1. The van der Waals surface area contributed by atoms with E-state index < -0.39 is 0 Å². The van der Waals surface area contributed by atoms with Crippen LogP contribution < -0.4 is 5.32 Å². The molecule has 0 aliphatic rings. The second kappa shape index (κ2) is 8.49. The third kappa shape index (κ3) is 5.65. The highest BCUT2D eigenvalue weighted by Gasteiger charge is 2.05. The van der Waals surface area contributed by atoms with Crippen molar-refractivity contribution in [1.82, 2.24) is 10.2 Å². The van der Waals surface area contributed by atoms with Crippen LogP contribution in [0.5, 0.6) is 0 Å². The standard InChI is InChI=1S/C13H20N2O3/c1-15(8-9-16)13(17)14-7-10-18-11-12-5-3-2-4-6-12/h2-6,16H,7-11H2,1H3,(H,14,17). The number of rotatable bonds is 7. The number of amides is 2. The Kier molecular flexibility index (Phi) is 6.83. The minimum Gasteiger partial charge on any atom is -0.395 e. The van der Waals surface area contributed by atoms with Crippen LogP contribution in [-0.2, 0) is 11.3 Å². The van der Waals surface area contributed by atoms with Crippen molar-refractivity contribution >= 4 is 6.03 Å². The quantitative estimate of drug-likeness (QED) is 0.707. The second-order valence-corrected chi connectivity index (χ2v) is 3.92. The zero-order valence-corrected chi connectivity index (χ0v) is 10.6. The molecule has 0 saturated carbocycles. The van der Waals surface area contributed by atoms with Crippen molar-refractivity contribution in [2.24, 2.45) is 0 Å². The normalized spacial score (nSPS) is 10.1. The molecular formula is C13H20N2O3. The number of nitrogens with one attached hydrogen (secondary N) is 1. The molecule has 5 nitrogen and oxygen atoms in total. The van der Waals surface area contributed by atoms with Gasteiger partial charge in [0.25, 0.3) is 0 Å². The summed E-state index contributed by atoms with van der Waals surface area (Å²) in [4.78, 5) is 12.8. The number of nitrogens with zero attached hydrogens (tertiary/aromatic N) is 1. The van der Waals surface area contributed by atoms with Gasteiger partial charge in [0.05, 0.1) is 19.8 Å². The molecule has 1 aromatic carbocycles. The van der Waals surface area contributed by atoms with E-state index in [1.165, 1.54) is 4.90 Å². The largest absolute Gasteiger partial charge is 0.395 e. The summed E-state index contributed by atoms with van der Waals surface area (Å²) in [7, 11) is 1.64. The van der Waals surface area contributed by atoms with E-state index in [-0.39, 0.29) is 12.6 Å². The van der Waals surface area contributed by atoms with E-state index in [1.807, 2.05) is 30.3 Å². The molecule has 5 heteroatoms. The summed E-state index contributed by atoms with van der Waals surface area (Å²) in [5.74, 6) is 0. The molecule has 1 rings (SSSR count). The average Bonchev–Trinajstić information content (AvgIpc) is 2.39. The van der Waals surface area contributed by atoms with Crippen molar-refractivity contribution in [3.05, 3.63) is 35.9 Å². The zero-order valence-electron chi connectivity index (χ0n) is 10.6. The van der Waals surface area contributed by atoms with E-state index in [2.05, 4.69) is 5.32 Å². The first-order valence-electron chi connectivity index (χ1n) is 5.95. The first-order valence-corrected chi connectivity index (χ1v) is 5.95. The first kappa shape index (κ1) is 14.5. The van der Waals surface area contributed by atoms with Crippen molar-refractivity contribution in [3.63, 3.8) is 0 Å². The summed E-state index contributed by atoms with van der Waals surface area (Å²) in [5.41, 5.74) is 1.11. The van der Waals surface area contributed by atoms with E-state index in [0.717, 1.165) is 5.56 Å². The summed E-state index contributed by atoms with van der Waals surface area (Å²) in [5, 5.41) is 11.4. The van der Waals surface area contributed by atoms with Crippen LogP contribution >= 0.6 is 0 Å². The third-order valence-electron chi connectivity index (χ3n) is 2.42. The first-order chi connectivity index (χ1) is 8.74. The molecule has 0 radical (unpaired) electrons. The Balaban J connectivity index is 2.07. The monoisotopic (exact) mass is 252 g/mol. The molecule has 0 heterocycles. The van der Waals surface area contributed by atoms with E-state index >= 15 is 0 Å². The third-order valence-corrected chi connectivity index (χ3v) is 2.42. The predicted octanol–water partition coefficient (Wildman–Crippen LogP) is 0.837. The van der Waals surface area contributed by atoms with Crippen LogP contribution in [0.3, 0.4) is 0 Å². The minimum atomic E-state index is -0.202. The van der Waals surface area contributed by atoms with Gasteiger partial charge in [-0.15, -0.1) is 0 Å². The van der Waals surface area contributed by atoms with Crippen LogP contribution in [0.1, 0.15) is 5.56 Å². The van der Waals surface area contributed by atoms with Gasteiger partial charge in [0, 0.05) is 20.1 Å². The molecule has 0 atom stereocenters. The molecular weight excluding hydrogens is 232 g/mol. The maximum Gasteiger partial charge on any atom is 0.317 e. The number of urea groups is 1. The van der Waals surface area contributed by atoms with Gasteiger partial charge in [-0.3, -0.25) is 0 Å². The van der Waals surface area contributed by atoms with Crippen molar-refractivity contribution in [2.45, 2.75) is 6.61 Å². The Hall–Kier alpha value is -1.59. The molecule has 0 aliphatic heterocycles. The SMILES string of the molecule is CN(CCO)C(=O)NCCOCc1ccccc1. The number of benzene rings is 1.